The number of anilines is 1. The van der Waals surface area contributed by atoms with Crippen molar-refractivity contribution >= 4 is 33.0 Å². The summed E-state index contributed by atoms with van der Waals surface area (Å²) in [5, 5.41) is 6.89. The minimum atomic E-state index is -0.0789. The molecule has 1 heterocycles. The van der Waals surface area contributed by atoms with E-state index in [9.17, 15) is 4.79 Å². The van der Waals surface area contributed by atoms with Crippen LogP contribution < -0.4 is 16.4 Å². The van der Waals surface area contributed by atoms with E-state index in [2.05, 4.69) is 10.6 Å². The Morgan fingerprint density at radius 3 is 2.83 bits per heavy atom. The molecule has 18 heavy (non-hydrogen) atoms. The first-order valence-corrected chi connectivity index (χ1v) is 6.75. The van der Waals surface area contributed by atoms with Crippen LogP contribution >= 0.6 is 11.3 Å². The predicted molar refractivity (Wildman–Crippen MR) is 77.1 cm³/mol. The highest BCUT2D eigenvalue weighted by Crippen LogP contribution is 2.33. The second-order valence-electron chi connectivity index (χ2n) is 4.05. The number of nitrogen functional groups attached to an aromatic ring is 1. The minimum absolute atomic E-state index is 0.0789. The van der Waals surface area contributed by atoms with Gasteiger partial charge in [-0.3, -0.25) is 4.79 Å². The van der Waals surface area contributed by atoms with Gasteiger partial charge in [-0.15, -0.1) is 11.3 Å². The van der Waals surface area contributed by atoms with Crippen molar-refractivity contribution in [2.45, 2.75) is 6.42 Å². The molecule has 1 aromatic carbocycles. The molecule has 0 saturated heterocycles. The third-order valence-corrected chi connectivity index (χ3v) is 3.91. The average Bonchev–Trinajstić information content (AvgIpc) is 2.73. The molecule has 5 heteroatoms. The lowest BCUT2D eigenvalue weighted by Crippen LogP contribution is -2.26. The summed E-state index contributed by atoms with van der Waals surface area (Å²) in [6.45, 7) is 1.55. The summed E-state index contributed by atoms with van der Waals surface area (Å²) >= 11 is 1.44. The quantitative estimate of drug-likeness (QED) is 0.721. The lowest BCUT2D eigenvalue weighted by molar-refractivity contribution is 0.0958. The lowest BCUT2D eigenvalue weighted by Gasteiger charge is -2.03. The Bertz CT molecular complexity index is 550. The number of thiophene rings is 1. The molecule has 2 aromatic rings. The van der Waals surface area contributed by atoms with Crippen LogP contribution in [0.3, 0.4) is 0 Å². The third kappa shape index (κ3) is 2.63. The number of hydrogen-bond donors (Lipinski definition) is 3. The largest absolute Gasteiger partial charge is 0.397 e. The minimum Gasteiger partial charge on any atom is -0.397 e. The van der Waals surface area contributed by atoms with E-state index < -0.39 is 0 Å². The van der Waals surface area contributed by atoms with Crippen molar-refractivity contribution in [3.8, 4) is 0 Å². The number of fused-ring (bicyclic) bond motifs is 1. The third-order valence-electron chi connectivity index (χ3n) is 2.73. The van der Waals surface area contributed by atoms with Crippen LogP contribution in [0.2, 0.25) is 0 Å². The molecule has 2 rings (SSSR count). The molecule has 96 valence electrons. The highest BCUT2D eigenvalue weighted by molar-refractivity contribution is 7.21. The molecule has 0 bridgehead atoms. The molecule has 0 aliphatic rings. The number of hydrogen-bond acceptors (Lipinski definition) is 4. The molecule has 0 aliphatic heterocycles. The predicted octanol–water partition coefficient (Wildman–Crippen LogP) is 1.82. The van der Waals surface area contributed by atoms with E-state index in [1.807, 2.05) is 31.3 Å². The Kier molecular flexibility index (Phi) is 4.17. The van der Waals surface area contributed by atoms with Gasteiger partial charge in [0.2, 0.25) is 0 Å². The van der Waals surface area contributed by atoms with Gasteiger partial charge in [-0.05, 0) is 26.1 Å². The molecule has 4 N–H and O–H groups in total. The van der Waals surface area contributed by atoms with E-state index >= 15 is 0 Å². The van der Waals surface area contributed by atoms with Crippen molar-refractivity contribution in [3.05, 3.63) is 29.1 Å². The molecule has 0 fully saturated rings. The van der Waals surface area contributed by atoms with Crippen LogP contribution in [0, 0.1) is 0 Å². The van der Waals surface area contributed by atoms with Crippen molar-refractivity contribution in [2.24, 2.45) is 0 Å². The fourth-order valence-electron chi connectivity index (χ4n) is 1.78. The Balaban J connectivity index is 2.10. The van der Waals surface area contributed by atoms with Crippen molar-refractivity contribution in [3.63, 3.8) is 0 Å². The van der Waals surface area contributed by atoms with Gasteiger partial charge >= 0.3 is 0 Å². The first-order chi connectivity index (χ1) is 8.74. The number of rotatable bonds is 5. The molecular weight excluding hydrogens is 246 g/mol. The molecule has 0 unspecified atom stereocenters. The zero-order valence-electron chi connectivity index (χ0n) is 10.3. The molecule has 0 atom stereocenters. The zero-order chi connectivity index (χ0) is 13.0. The van der Waals surface area contributed by atoms with Gasteiger partial charge in [0.1, 0.15) is 4.88 Å². The van der Waals surface area contributed by atoms with Crippen molar-refractivity contribution < 1.29 is 4.79 Å². The lowest BCUT2D eigenvalue weighted by atomic mass is 10.2. The smallest absolute Gasteiger partial charge is 0.263 e. The molecule has 0 radical (unpaired) electrons. The van der Waals surface area contributed by atoms with Crippen LogP contribution in [0.1, 0.15) is 16.1 Å². The highest BCUT2D eigenvalue weighted by atomic mass is 32.1. The summed E-state index contributed by atoms with van der Waals surface area (Å²) in [7, 11) is 1.89. The van der Waals surface area contributed by atoms with Crippen molar-refractivity contribution in [1.29, 1.82) is 0 Å². The van der Waals surface area contributed by atoms with Crippen molar-refractivity contribution in [1.82, 2.24) is 10.6 Å². The summed E-state index contributed by atoms with van der Waals surface area (Å²) in [4.78, 5) is 12.6. The molecule has 0 aliphatic carbocycles. The molecule has 1 aromatic heterocycles. The summed E-state index contributed by atoms with van der Waals surface area (Å²) < 4.78 is 1.05. The first kappa shape index (κ1) is 12.9. The number of nitrogens with two attached hydrogens (primary N) is 1. The van der Waals surface area contributed by atoms with Crippen LogP contribution in [0.15, 0.2) is 24.3 Å². The van der Waals surface area contributed by atoms with Gasteiger partial charge in [0.05, 0.1) is 5.69 Å². The first-order valence-electron chi connectivity index (χ1n) is 5.94. The molecular formula is C13H17N3OS. The van der Waals surface area contributed by atoms with Gasteiger partial charge in [0, 0.05) is 16.6 Å². The summed E-state index contributed by atoms with van der Waals surface area (Å²) in [6, 6.07) is 7.81. The fraction of sp³-hybridized carbons (Fsp3) is 0.308. The highest BCUT2D eigenvalue weighted by Gasteiger charge is 2.15. The summed E-state index contributed by atoms with van der Waals surface area (Å²) in [6.07, 6.45) is 0.910. The Morgan fingerprint density at radius 1 is 1.33 bits per heavy atom. The van der Waals surface area contributed by atoms with Gasteiger partial charge in [0.15, 0.2) is 0 Å². The van der Waals surface area contributed by atoms with Gasteiger partial charge < -0.3 is 16.4 Å². The van der Waals surface area contributed by atoms with Gasteiger partial charge in [-0.25, -0.2) is 0 Å². The Morgan fingerprint density at radius 2 is 2.11 bits per heavy atom. The van der Waals surface area contributed by atoms with E-state index in [0.717, 1.165) is 23.1 Å². The van der Waals surface area contributed by atoms with Crippen molar-refractivity contribution in [2.75, 3.05) is 25.9 Å². The summed E-state index contributed by atoms with van der Waals surface area (Å²) in [5.41, 5.74) is 6.59. The van der Waals surface area contributed by atoms with E-state index in [-0.39, 0.29) is 5.91 Å². The molecule has 4 nitrogen and oxygen atoms in total. The van der Waals surface area contributed by atoms with Crippen LogP contribution in [0.4, 0.5) is 5.69 Å². The topological polar surface area (TPSA) is 67.1 Å². The fourth-order valence-corrected chi connectivity index (χ4v) is 2.82. The van der Waals surface area contributed by atoms with Crippen LogP contribution in [0.25, 0.3) is 10.1 Å². The van der Waals surface area contributed by atoms with Gasteiger partial charge in [-0.2, -0.15) is 0 Å². The number of carbonyl (C=O) groups excluding carboxylic acids is 1. The maximum Gasteiger partial charge on any atom is 0.263 e. The normalized spacial score (nSPS) is 10.7. The second-order valence-corrected chi connectivity index (χ2v) is 5.11. The second kappa shape index (κ2) is 5.84. The maximum absolute atomic E-state index is 12.0. The number of carbonyl (C=O) groups is 1. The average molecular weight is 263 g/mol. The maximum atomic E-state index is 12.0. The standard InChI is InChI=1S/C13H17N3OS/c1-15-7-4-8-16-13(17)12-11(14)9-5-2-3-6-10(9)18-12/h2-3,5-6,15H,4,7-8,14H2,1H3,(H,16,17). The number of benzene rings is 1. The van der Waals surface area contributed by atoms with E-state index in [0.29, 0.717) is 17.1 Å². The summed E-state index contributed by atoms with van der Waals surface area (Å²) in [5.74, 6) is -0.0789. The molecule has 0 saturated carbocycles. The SMILES string of the molecule is CNCCCNC(=O)c1sc2ccccc2c1N. The van der Waals surface area contributed by atoms with E-state index in [4.69, 9.17) is 5.73 Å². The van der Waals surface area contributed by atoms with Crippen LogP contribution in [-0.2, 0) is 0 Å². The molecule has 0 spiro atoms. The van der Waals surface area contributed by atoms with Crippen LogP contribution in [0.5, 0.6) is 0 Å². The van der Waals surface area contributed by atoms with Crippen LogP contribution in [-0.4, -0.2) is 26.0 Å². The van der Waals surface area contributed by atoms with Gasteiger partial charge in [-0.1, -0.05) is 18.2 Å². The Hall–Kier alpha value is -1.59. The van der Waals surface area contributed by atoms with Gasteiger partial charge in [0.25, 0.3) is 5.91 Å². The number of nitrogens with one attached hydrogen (secondary N) is 2. The van der Waals surface area contributed by atoms with E-state index in [1.54, 1.807) is 0 Å². The Labute approximate surface area is 110 Å². The molecule has 1 amide bonds. The zero-order valence-corrected chi connectivity index (χ0v) is 11.1. The monoisotopic (exact) mass is 263 g/mol. The van der Waals surface area contributed by atoms with E-state index in [1.165, 1.54) is 11.3 Å². The number of amides is 1.